The zero-order chi connectivity index (χ0) is 17.5. The first-order valence-corrected chi connectivity index (χ1v) is 8.19. The maximum Gasteiger partial charge on any atom is 0.331 e. The summed E-state index contributed by atoms with van der Waals surface area (Å²) in [7, 11) is 0. The minimum Gasteiger partial charge on any atom is -0.449 e. The molecule has 0 aliphatic carbocycles. The van der Waals surface area contributed by atoms with Crippen molar-refractivity contribution in [2.24, 2.45) is 0 Å². The highest BCUT2D eigenvalue weighted by Gasteiger charge is 2.17. The molecule has 0 unspecified atom stereocenters. The van der Waals surface area contributed by atoms with E-state index in [1.807, 2.05) is 24.3 Å². The van der Waals surface area contributed by atoms with Gasteiger partial charge in [-0.3, -0.25) is 4.79 Å². The van der Waals surface area contributed by atoms with Crippen LogP contribution in [0, 0.1) is 0 Å². The average molecular weight is 410 g/mol. The second-order valence-corrected chi connectivity index (χ2v) is 5.98. The molecule has 1 aromatic heterocycles. The van der Waals surface area contributed by atoms with Crippen LogP contribution in [0.1, 0.15) is 12.5 Å². The lowest BCUT2D eigenvalue weighted by Crippen LogP contribution is -2.29. The fraction of sp³-hybridized carbons (Fsp3) is 0.118. The van der Waals surface area contributed by atoms with Gasteiger partial charge in [-0.2, -0.15) is 0 Å². The summed E-state index contributed by atoms with van der Waals surface area (Å²) in [6.07, 6.45) is 3.40. The summed E-state index contributed by atoms with van der Waals surface area (Å²) in [5, 5.41) is 2.72. The Balaban J connectivity index is 1.92. The van der Waals surface area contributed by atoms with E-state index in [1.165, 1.54) is 19.2 Å². The number of nitrogens with one attached hydrogen (secondary N) is 1. The van der Waals surface area contributed by atoms with E-state index in [2.05, 4.69) is 26.2 Å². The normalized spacial score (nSPS) is 12.0. The van der Waals surface area contributed by atoms with Crippen LogP contribution in [0.5, 0.6) is 0 Å². The SMILES string of the molecule is C[C@H](OC(=O)/C=C/c1ccccc1Br)C(=O)Nc1cccnc1Cl. The fourth-order valence-electron chi connectivity index (χ4n) is 1.75. The highest BCUT2D eigenvalue weighted by Crippen LogP contribution is 2.18. The number of hydrogen-bond acceptors (Lipinski definition) is 4. The van der Waals surface area contributed by atoms with Crippen LogP contribution in [-0.4, -0.2) is 23.0 Å². The number of benzene rings is 1. The van der Waals surface area contributed by atoms with Crippen molar-refractivity contribution in [1.82, 2.24) is 4.98 Å². The Labute approximate surface area is 152 Å². The number of amides is 1. The average Bonchev–Trinajstić information content (AvgIpc) is 2.56. The van der Waals surface area contributed by atoms with E-state index in [1.54, 1.807) is 18.2 Å². The van der Waals surface area contributed by atoms with Gasteiger partial charge in [0.2, 0.25) is 0 Å². The zero-order valence-electron chi connectivity index (χ0n) is 12.7. The number of halogens is 2. The number of ether oxygens (including phenoxy) is 1. The molecule has 2 rings (SSSR count). The number of anilines is 1. The van der Waals surface area contributed by atoms with Crippen molar-refractivity contribution in [2.75, 3.05) is 5.32 Å². The summed E-state index contributed by atoms with van der Waals surface area (Å²) in [4.78, 5) is 27.7. The van der Waals surface area contributed by atoms with Crippen LogP contribution in [0.15, 0.2) is 53.1 Å². The number of rotatable bonds is 5. The molecule has 0 radical (unpaired) electrons. The quantitative estimate of drug-likeness (QED) is 0.459. The molecule has 0 saturated heterocycles. The Morgan fingerprint density at radius 2 is 2.04 bits per heavy atom. The van der Waals surface area contributed by atoms with Crippen LogP contribution in [-0.2, 0) is 14.3 Å². The molecule has 1 heterocycles. The van der Waals surface area contributed by atoms with Crippen molar-refractivity contribution >= 4 is 51.2 Å². The van der Waals surface area contributed by atoms with Gasteiger partial charge < -0.3 is 10.1 Å². The maximum absolute atomic E-state index is 12.0. The fourth-order valence-corrected chi connectivity index (χ4v) is 2.33. The van der Waals surface area contributed by atoms with Crippen LogP contribution in [0.4, 0.5) is 5.69 Å². The third-order valence-corrected chi connectivity index (χ3v) is 4.01. The molecule has 1 amide bonds. The van der Waals surface area contributed by atoms with Gasteiger partial charge in [-0.25, -0.2) is 9.78 Å². The topological polar surface area (TPSA) is 68.3 Å². The van der Waals surface area contributed by atoms with Crippen molar-refractivity contribution in [3.63, 3.8) is 0 Å². The summed E-state index contributed by atoms with van der Waals surface area (Å²) in [6, 6.07) is 10.7. The lowest BCUT2D eigenvalue weighted by molar-refractivity contribution is -0.148. The van der Waals surface area contributed by atoms with E-state index in [0.717, 1.165) is 10.0 Å². The summed E-state index contributed by atoms with van der Waals surface area (Å²) in [5.41, 5.74) is 1.18. The number of hydrogen-bond donors (Lipinski definition) is 1. The lowest BCUT2D eigenvalue weighted by atomic mass is 10.2. The van der Waals surface area contributed by atoms with E-state index >= 15 is 0 Å². The van der Waals surface area contributed by atoms with Crippen molar-refractivity contribution in [3.8, 4) is 0 Å². The molecular weight excluding hydrogens is 396 g/mol. The van der Waals surface area contributed by atoms with Crippen molar-refractivity contribution in [2.45, 2.75) is 13.0 Å². The van der Waals surface area contributed by atoms with Crippen molar-refractivity contribution in [3.05, 3.63) is 63.9 Å². The Morgan fingerprint density at radius 1 is 1.29 bits per heavy atom. The summed E-state index contributed by atoms with van der Waals surface area (Å²) < 4.78 is 5.92. The van der Waals surface area contributed by atoms with Gasteiger partial charge in [0.1, 0.15) is 0 Å². The first kappa shape index (κ1) is 18.2. The molecule has 2 aromatic rings. The van der Waals surface area contributed by atoms with Crippen LogP contribution in [0.3, 0.4) is 0 Å². The van der Waals surface area contributed by atoms with E-state index in [4.69, 9.17) is 16.3 Å². The van der Waals surface area contributed by atoms with Crippen LogP contribution < -0.4 is 5.32 Å². The molecule has 0 aliphatic heterocycles. The number of aromatic nitrogens is 1. The van der Waals surface area contributed by atoms with E-state index < -0.39 is 18.0 Å². The number of esters is 1. The van der Waals surface area contributed by atoms with Gasteiger partial charge in [-0.15, -0.1) is 0 Å². The Hall–Kier alpha value is -2.18. The van der Waals surface area contributed by atoms with Gasteiger partial charge in [0.15, 0.2) is 11.3 Å². The molecule has 1 aromatic carbocycles. The Kier molecular flexibility index (Phi) is 6.52. The predicted molar refractivity (Wildman–Crippen MR) is 96.6 cm³/mol. The van der Waals surface area contributed by atoms with Crippen LogP contribution in [0.2, 0.25) is 5.15 Å². The maximum atomic E-state index is 12.0. The second kappa shape index (κ2) is 8.61. The van der Waals surface area contributed by atoms with Gasteiger partial charge in [0, 0.05) is 16.7 Å². The first-order valence-electron chi connectivity index (χ1n) is 7.02. The van der Waals surface area contributed by atoms with Gasteiger partial charge in [0.05, 0.1) is 5.69 Å². The van der Waals surface area contributed by atoms with E-state index in [9.17, 15) is 9.59 Å². The molecule has 7 heteroatoms. The third kappa shape index (κ3) is 5.18. The highest BCUT2D eigenvalue weighted by molar-refractivity contribution is 9.10. The molecule has 1 N–H and O–H groups in total. The standard InChI is InChI=1S/C17H14BrClN2O3/c1-11(17(23)21-14-7-4-10-20-16(14)19)24-15(22)9-8-12-5-2-3-6-13(12)18/h2-11H,1H3,(H,21,23)/b9-8+/t11-/m0/s1. The molecule has 0 bridgehead atoms. The minimum atomic E-state index is -0.974. The summed E-state index contributed by atoms with van der Waals surface area (Å²) in [5.74, 6) is -1.11. The van der Waals surface area contributed by atoms with Gasteiger partial charge in [-0.1, -0.05) is 45.7 Å². The first-order chi connectivity index (χ1) is 11.5. The molecule has 0 saturated carbocycles. The highest BCUT2D eigenvalue weighted by atomic mass is 79.9. The molecular formula is C17H14BrClN2O3. The molecule has 0 spiro atoms. The molecule has 5 nitrogen and oxygen atoms in total. The molecule has 0 aliphatic rings. The van der Waals surface area contributed by atoms with Crippen LogP contribution in [0.25, 0.3) is 6.08 Å². The minimum absolute atomic E-state index is 0.165. The van der Waals surface area contributed by atoms with E-state index in [-0.39, 0.29) is 5.15 Å². The Bertz CT molecular complexity index is 780. The second-order valence-electron chi connectivity index (χ2n) is 4.76. The number of carbonyl (C=O) groups excluding carboxylic acids is 2. The molecule has 1 atom stereocenters. The number of carbonyl (C=O) groups is 2. The van der Waals surface area contributed by atoms with Crippen molar-refractivity contribution in [1.29, 1.82) is 0 Å². The summed E-state index contributed by atoms with van der Waals surface area (Å²) in [6.45, 7) is 1.48. The largest absolute Gasteiger partial charge is 0.449 e. The Morgan fingerprint density at radius 3 is 2.75 bits per heavy atom. The van der Waals surface area contributed by atoms with Gasteiger partial charge in [0.25, 0.3) is 5.91 Å². The molecule has 24 heavy (non-hydrogen) atoms. The monoisotopic (exact) mass is 408 g/mol. The number of pyridine rings is 1. The zero-order valence-corrected chi connectivity index (χ0v) is 15.0. The lowest BCUT2D eigenvalue weighted by Gasteiger charge is -2.12. The van der Waals surface area contributed by atoms with Gasteiger partial charge in [-0.05, 0) is 36.8 Å². The van der Waals surface area contributed by atoms with E-state index in [0.29, 0.717) is 5.69 Å². The predicted octanol–water partition coefficient (Wildman–Crippen LogP) is 4.08. The molecule has 0 fully saturated rings. The van der Waals surface area contributed by atoms with Crippen molar-refractivity contribution < 1.29 is 14.3 Å². The van der Waals surface area contributed by atoms with Gasteiger partial charge >= 0.3 is 5.97 Å². The molecule has 124 valence electrons. The smallest absolute Gasteiger partial charge is 0.331 e. The number of nitrogens with zero attached hydrogens (tertiary/aromatic N) is 1. The third-order valence-electron chi connectivity index (χ3n) is 2.98. The van der Waals surface area contributed by atoms with Crippen LogP contribution >= 0.6 is 27.5 Å². The summed E-state index contributed by atoms with van der Waals surface area (Å²) >= 11 is 9.24.